The van der Waals surface area contributed by atoms with Crippen LogP contribution in [0.25, 0.3) is 0 Å². The number of pyridine rings is 1. The first-order valence-electron chi connectivity index (χ1n) is 8.34. The summed E-state index contributed by atoms with van der Waals surface area (Å²) in [6, 6.07) is -2.40. The first kappa shape index (κ1) is 20.9. The lowest BCUT2D eigenvalue weighted by atomic mass is 10.1. The number of amides is 6. The minimum Gasteiger partial charge on any atom is -0.503 e. The summed E-state index contributed by atoms with van der Waals surface area (Å²) in [6.07, 6.45) is -0.442. The fraction of sp³-hybridized carbons (Fsp3) is 0.357. The van der Waals surface area contributed by atoms with Gasteiger partial charge in [-0.05, 0) is 0 Å². The van der Waals surface area contributed by atoms with E-state index in [1.54, 1.807) is 4.72 Å². The smallest absolute Gasteiger partial charge is 0.405 e. The monoisotopic (exact) mass is 444 g/mol. The van der Waals surface area contributed by atoms with Crippen molar-refractivity contribution in [2.24, 2.45) is 0 Å². The van der Waals surface area contributed by atoms with Crippen molar-refractivity contribution in [3.05, 3.63) is 28.2 Å². The molecule has 3 rings (SSSR count). The highest BCUT2D eigenvalue weighted by Crippen LogP contribution is 2.17. The zero-order valence-electron chi connectivity index (χ0n) is 15.1. The summed E-state index contributed by atoms with van der Waals surface area (Å²) in [5, 5.41) is 19.6. The molecule has 0 saturated carbocycles. The Bertz CT molecular complexity index is 1080. The summed E-state index contributed by atoms with van der Waals surface area (Å²) in [4.78, 5) is 62.3. The number of imide groups is 1. The van der Waals surface area contributed by atoms with E-state index in [9.17, 15) is 37.5 Å². The number of carboxylic acid groups (broad SMARTS) is 1. The third-order valence-electron chi connectivity index (χ3n) is 4.35. The zero-order valence-corrected chi connectivity index (χ0v) is 15.9. The van der Waals surface area contributed by atoms with Gasteiger partial charge in [-0.25, -0.2) is 23.4 Å². The molecule has 1 aromatic rings. The normalized spacial score (nSPS) is 18.9. The van der Waals surface area contributed by atoms with Crippen molar-refractivity contribution in [1.29, 1.82) is 0 Å². The molecule has 1 unspecified atom stereocenters. The van der Waals surface area contributed by atoms with E-state index in [0.29, 0.717) is 9.21 Å². The van der Waals surface area contributed by atoms with Crippen LogP contribution in [-0.4, -0.2) is 87.5 Å². The zero-order chi connectivity index (χ0) is 22.2. The van der Waals surface area contributed by atoms with Gasteiger partial charge >= 0.3 is 28.4 Å². The molecule has 162 valence electrons. The Hall–Kier alpha value is -3.82. The van der Waals surface area contributed by atoms with E-state index >= 15 is 0 Å². The molecule has 1 aromatic heterocycles. The van der Waals surface area contributed by atoms with Crippen molar-refractivity contribution in [3.8, 4) is 5.75 Å². The van der Waals surface area contributed by atoms with Crippen LogP contribution in [0.5, 0.6) is 5.75 Å². The highest BCUT2D eigenvalue weighted by molar-refractivity contribution is 7.88. The Morgan fingerprint density at radius 1 is 1.23 bits per heavy atom. The molecule has 30 heavy (non-hydrogen) atoms. The van der Waals surface area contributed by atoms with E-state index in [1.807, 2.05) is 5.32 Å². The maximum atomic E-state index is 12.4. The number of aromatic hydroxyl groups is 1. The Morgan fingerprint density at radius 2 is 1.93 bits per heavy atom. The van der Waals surface area contributed by atoms with Crippen LogP contribution < -0.4 is 15.5 Å². The van der Waals surface area contributed by atoms with E-state index in [-0.39, 0.29) is 31.9 Å². The van der Waals surface area contributed by atoms with E-state index in [2.05, 4.69) is 4.98 Å². The second-order valence-corrected chi connectivity index (χ2v) is 7.94. The van der Waals surface area contributed by atoms with Gasteiger partial charge in [0.2, 0.25) is 5.43 Å². The molecule has 2 saturated heterocycles. The summed E-state index contributed by atoms with van der Waals surface area (Å²) in [7, 11) is -4.63. The van der Waals surface area contributed by atoms with Crippen molar-refractivity contribution < 1.29 is 37.8 Å². The maximum absolute atomic E-state index is 12.4. The van der Waals surface area contributed by atoms with Gasteiger partial charge in [-0.2, -0.15) is 8.42 Å². The molecule has 5 N–H and O–H groups in total. The summed E-state index contributed by atoms with van der Waals surface area (Å²) in [6.45, 7) is -0.840. The van der Waals surface area contributed by atoms with Crippen LogP contribution in [0.1, 0.15) is 5.69 Å². The SMILES string of the molecule is O=C(O)NC1CN(C(=O)NS(=O)(=O)N2CCN(Cc3cc(=O)c(O)c[nH]3)C2=O)C1=O. The molecule has 15 nitrogen and oxygen atoms in total. The molecule has 6 amide bonds. The first-order valence-corrected chi connectivity index (χ1v) is 9.78. The number of hydrogen-bond acceptors (Lipinski definition) is 8. The number of likely N-dealkylation sites (tertiary alicyclic amines) is 1. The number of urea groups is 2. The molecular formula is C14H16N6O9S. The molecule has 16 heteroatoms. The van der Waals surface area contributed by atoms with Crippen LogP contribution in [0.15, 0.2) is 17.1 Å². The standard InChI is InChI=1S/C14H16N6O9S/c21-9-3-7(15-4-10(9)22)5-18-1-2-20(14(18)27)30(28,29)17-12(24)19-6-8(11(19)23)16-13(25)26/h3-4,8,16,22H,1-2,5-6H2,(H,15,21)(H,17,24)(H,25,26). The second kappa shape index (κ2) is 7.54. The van der Waals surface area contributed by atoms with Crippen LogP contribution in [-0.2, 0) is 21.5 Å². The summed E-state index contributed by atoms with van der Waals surface area (Å²) >= 11 is 0. The van der Waals surface area contributed by atoms with Crippen LogP contribution >= 0.6 is 0 Å². The fourth-order valence-electron chi connectivity index (χ4n) is 2.82. The van der Waals surface area contributed by atoms with Gasteiger partial charge in [0.1, 0.15) is 6.04 Å². The topological polar surface area (TPSA) is 210 Å². The number of aromatic amines is 1. The van der Waals surface area contributed by atoms with Gasteiger partial charge in [0.05, 0.1) is 19.6 Å². The molecular weight excluding hydrogens is 428 g/mol. The Labute approximate surface area is 168 Å². The van der Waals surface area contributed by atoms with Crippen molar-refractivity contribution >= 4 is 34.3 Å². The third-order valence-corrected chi connectivity index (χ3v) is 5.70. The molecule has 0 spiro atoms. The van der Waals surface area contributed by atoms with Crippen molar-refractivity contribution in [2.75, 3.05) is 19.6 Å². The van der Waals surface area contributed by atoms with Gasteiger partial charge in [-0.3, -0.25) is 14.5 Å². The largest absolute Gasteiger partial charge is 0.503 e. The lowest BCUT2D eigenvalue weighted by Crippen LogP contribution is -2.67. The Morgan fingerprint density at radius 3 is 2.53 bits per heavy atom. The van der Waals surface area contributed by atoms with Gasteiger partial charge in [-0.1, -0.05) is 0 Å². The molecule has 3 heterocycles. The van der Waals surface area contributed by atoms with E-state index in [0.717, 1.165) is 17.2 Å². The van der Waals surface area contributed by atoms with Gasteiger partial charge in [0.25, 0.3) is 5.91 Å². The molecule has 1 atom stereocenters. The van der Waals surface area contributed by atoms with Crippen molar-refractivity contribution in [3.63, 3.8) is 0 Å². The molecule has 0 aliphatic carbocycles. The maximum Gasteiger partial charge on any atom is 0.405 e. The number of β-lactam (4-membered cyclic amide) rings is 1. The van der Waals surface area contributed by atoms with E-state index in [4.69, 9.17) is 5.11 Å². The van der Waals surface area contributed by atoms with Crippen molar-refractivity contribution in [2.45, 2.75) is 12.6 Å². The minimum absolute atomic E-state index is 0.0376. The highest BCUT2D eigenvalue weighted by atomic mass is 32.2. The molecule has 0 aromatic carbocycles. The van der Waals surface area contributed by atoms with Gasteiger partial charge < -0.3 is 25.4 Å². The van der Waals surface area contributed by atoms with Crippen LogP contribution in [0.3, 0.4) is 0 Å². The Kier molecular flexibility index (Phi) is 5.26. The van der Waals surface area contributed by atoms with Gasteiger partial charge in [0, 0.05) is 24.5 Å². The molecule has 2 fully saturated rings. The molecule has 0 radical (unpaired) electrons. The first-order chi connectivity index (χ1) is 14.0. The predicted octanol–water partition coefficient (Wildman–Crippen LogP) is -2.25. The molecule has 2 aliphatic heterocycles. The van der Waals surface area contributed by atoms with Gasteiger partial charge in [-0.15, -0.1) is 0 Å². The highest BCUT2D eigenvalue weighted by Gasteiger charge is 2.45. The number of nitrogens with zero attached hydrogens (tertiary/aromatic N) is 3. The van der Waals surface area contributed by atoms with E-state index in [1.165, 1.54) is 0 Å². The second-order valence-electron chi connectivity index (χ2n) is 6.35. The number of hydrogen-bond donors (Lipinski definition) is 5. The summed E-state index contributed by atoms with van der Waals surface area (Å²) in [5.74, 6) is -1.45. The molecule has 2 aliphatic rings. The average molecular weight is 444 g/mol. The number of aromatic nitrogens is 1. The summed E-state index contributed by atoms with van der Waals surface area (Å²) in [5.41, 5.74) is -0.431. The van der Waals surface area contributed by atoms with E-state index < -0.39 is 51.5 Å². The number of nitrogens with one attached hydrogen (secondary N) is 3. The number of carbonyl (C=O) groups is 4. The molecule has 0 bridgehead atoms. The van der Waals surface area contributed by atoms with Crippen LogP contribution in [0, 0.1) is 0 Å². The fourth-order valence-corrected chi connectivity index (χ4v) is 3.90. The summed E-state index contributed by atoms with van der Waals surface area (Å²) < 4.78 is 26.7. The average Bonchev–Trinajstić information content (AvgIpc) is 3.01. The lowest BCUT2D eigenvalue weighted by molar-refractivity contribution is -0.138. The van der Waals surface area contributed by atoms with Crippen LogP contribution in [0.4, 0.5) is 14.4 Å². The third kappa shape index (κ3) is 3.97. The number of carbonyl (C=O) groups excluding carboxylic acids is 3. The quantitative estimate of drug-likeness (QED) is 0.310. The Balaban J connectivity index is 1.61. The van der Waals surface area contributed by atoms with Crippen molar-refractivity contribution in [1.82, 2.24) is 29.1 Å². The van der Waals surface area contributed by atoms with Crippen LogP contribution in [0.2, 0.25) is 0 Å². The number of H-pyrrole nitrogens is 1. The number of rotatable bonds is 5. The lowest BCUT2D eigenvalue weighted by Gasteiger charge is -2.36. The minimum atomic E-state index is -4.63. The van der Waals surface area contributed by atoms with Gasteiger partial charge in [0.15, 0.2) is 5.75 Å². The predicted molar refractivity (Wildman–Crippen MR) is 95.4 cm³/mol.